The third-order valence-electron chi connectivity index (χ3n) is 4.24. The van der Waals surface area contributed by atoms with E-state index in [9.17, 15) is 14.9 Å². The average Bonchev–Trinajstić information content (AvgIpc) is 2.71. The van der Waals surface area contributed by atoms with Crippen LogP contribution in [-0.2, 0) is 27.5 Å². The summed E-state index contributed by atoms with van der Waals surface area (Å²) < 4.78 is 21.5. The lowest BCUT2D eigenvalue weighted by Crippen LogP contribution is -2.18. The normalized spacial score (nSPS) is 14.7. The molecule has 0 bridgehead atoms. The van der Waals surface area contributed by atoms with E-state index in [1.54, 1.807) is 6.08 Å². The lowest BCUT2D eigenvalue weighted by molar-refractivity contribution is -0.385. The Labute approximate surface area is 154 Å². The van der Waals surface area contributed by atoms with Crippen molar-refractivity contribution in [2.75, 3.05) is 13.4 Å². The van der Waals surface area contributed by atoms with Gasteiger partial charge < -0.3 is 18.9 Å². The first kappa shape index (κ1) is 17.0. The number of nitro groups is 1. The summed E-state index contributed by atoms with van der Waals surface area (Å²) >= 11 is 0. The summed E-state index contributed by atoms with van der Waals surface area (Å²) in [5, 5.41) is 11.1. The van der Waals surface area contributed by atoms with Crippen molar-refractivity contribution in [1.29, 1.82) is 0 Å². The van der Waals surface area contributed by atoms with Gasteiger partial charge in [0.15, 0.2) is 6.79 Å². The quantitative estimate of drug-likeness (QED) is 0.464. The fourth-order valence-electron chi connectivity index (χ4n) is 2.96. The van der Waals surface area contributed by atoms with E-state index in [4.69, 9.17) is 18.9 Å². The van der Waals surface area contributed by atoms with Gasteiger partial charge in [-0.2, -0.15) is 0 Å². The monoisotopic (exact) mass is 369 g/mol. The van der Waals surface area contributed by atoms with Crippen LogP contribution >= 0.6 is 0 Å². The molecular formula is C19H15NO7. The second kappa shape index (κ2) is 7.08. The Morgan fingerprint density at radius 2 is 2.04 bits per heavy atom. The molecule has 0 amide bonds. The number of hydrogen-bond donors (Lipinski definition) is 0. The van der Waals surface area contributed by atoms with Crippen molar-refractivity contribution >= 4 is 17.7 Å². The molecule has 0 saturated carbocycles. The molecule has 8 heteroatoms. The number of carbonyl (C=O) groups excluding carboxylic acids is 1. The third kappa shape index (κ3) is 3.47. The first-order chi connectivity index (χ1) is 13.1. The summed E-state index contributed by atoms with van der Waals surface area (Å²) in [5.74, 6) is 0.617. The predicted molar refractivity (Wildman–Crippen MR) is 93.1 cm³/mol. The number of ether oxygens (including phenoxy) is 4. The molecule has 0 fully saturated rings. The molecule has 0 spiro atoms. The van der Waals surface area contributed by atoms with Crippen molar-refractivity contribution < 1.29 is 28.7 Å². The van der Waals surface area contributed by atoms with E-state index in [0.29, 0.717) is 28.2 Å². The fourth-order valence-corrected chi connectivity index (χ4v) is 2.96. The molecule has 0 N–H and O–H groups in total. The van der Waals surface area contributed by atoms with Crippen molar-refractivity contribution in [2.24, 2.45) is 0 Å². The summed E-state index contributed by atoms with van der Waals surface area (Å²) in [7, 11) is 0. The molecule has 0 saturated heterocycles. The van der Waals surface area contributed by atoms with Gasteiger partial charge in [-0.25, -0.2) is 4.79 Å². The highest BCUT2D eigenvalue weighted by molar-refractivity contribution is 5.95. The molecule has 2 heterocycles. The van der Waals surface area contributed by atoms with Gasteiger partial charge in [0.05, 0.1) is 17.1 Å². The Morgan fingerprint density at radius 3 is 2.89 bits per heavy atom. The van der Waals surface area contributed by atoms with Gasteiger partial charge in [-0.3, -0.25) is 10.1 Å². The zero-order valence-corrected chi connectivity index (χ0v) is 14.2. The molecule has 0 atom stereocenters. The van der Waals surface area contributed by atoms with Crippen LogP contribution in [-0.4, -0.2) is 24.3 Å². The Hall–Kier alpha value is -3.39. The Kier molecular flexibility index (Phi) is 4.47. The SMILES string of the molecule is O=C(OCc1cc([N+](=O)[O-])cc2c1OCOC2)C1=Cc2ccccc2OC1. The predicted octanol–water partition coefficient (Wildman–Crippen LogP) is 2.98. The molecule has 4 rings (SSSR count). The topological polar surface area (TPSA) is 97.1 Å². The Bertz CT molecular complexity index is 951. The van der Waals surface area contributed by atoms with Gasteiger partial charge in [0, 0.05) is 28.8 Å². The molecule has 8 nitrogen and oxygen atoms in total. The number of benzene rings is 2. The number of para-hydroxylation sites is 1. The van der Waals surface area contributed by atoms with Crippen LogP contribution in [0.3, 0.4) is 0 Å². The van der Waals surface area contributed by atoms with Gasteiger partial charge in [0.2, 0.25) is 0 Å². The summed E-state index contributed by atoms with van der Waals surface area (Å²) in [6.07, 6.45) is 1.72. The molecule has 138 valence electrons. The van der Waals surface area contributed by atoms with Gasteiger partial charge in [0.25, 0.3) is 5.69 Å². The maximum atomic E-state index is 12.4. The minimum absolute atomic E-state index is 0.0432. The second-order valence-electron chi connectivity index (χ2n) is 6.03. The third-order valence-corrected chi connectivity index (χ3v) is 4.24. The highest BCUT2D eigenvalue weighted by atomic mass is 16.7. The molecule has 0 unspecified atom stereocenters. The molecule has 0 aromatic heterocycles. The van der Waals surface area contributed by atoms with Gasteiger partial charge in [-0.1, -0.05) is 18.2 Å². The van der Waals surface area contributed by atoms with Crippen LogP contribution in [0, 0.1) is 10.1 Å². The highest BCUT2D eigenvalue weighted by Gasteiger charge is 2.23. The number of rotatable bonds is 4. The maximum Gasteiger partial charge on any atom is 0.337 e. The summed E-state index contributed by atoms with van der Waals surface area (Å²) in [5.41, 5.74) is 2.04. The second-order valence-corrected chi connectivity index (χ2v) is 6.03. The van der Waals surface area contributed by atoms with Crippen molar-refractivity contribution in [1.82, 2.24) is 0 Å². The van der Waals surface area contributed by atoms with E-state index in [-0.39, 0.29) is 32.3 Å². The van der Waals surface area contributed by atoms with Crippen LogP contribution < -0.4 is 9.47 Å². The first-order valence-electron chi connectivity index (χ1n) is 8.22. The van der Waals surface area contributed by atoms with Crippen LogP contribution in [0.2, 0.25) is 0 Å². The first-order valence-corrected chi connectivity index (χ1v) is 8.22. The highest BCUT2D eigenvalue weighted by Crippen LogP contribution is 2.33. The van der Waals surface area contributed by atoms with Gasteiger partial charge >= 0.3 is 5.97 Å². The van der Waals surface area contributed by atoms with Crippen molar-refractivity contribution in [2.45, 2.75) is 13.2 Å². The number of non-ortho nitro benzene ring substituents is 1. The largest absolute Gasteiger partial charge is 0.488 e. The molecule has 2 aromatic rings. The molecule has 2 aliphatic heterocycles. The van der Waals surface area contributed by atoms with Crippen LogP contribution in [0.1, 0.15) is 16.7 Å². The van der Waals surface area contributed by atoms with Crippen LogP contribution in [0.5, 0.6) is 11.5 Å². The van der Waals surface area contributed by atoms with E-state index in [1.807, 2.05) is 24.3 Å². The fraction of sp³-hybridized carbons (Fsp3) is 0.211. The van der Waals surface area contributed by atoms with Gasteiger partial charge in [-0.05, 0) is 12.1 Å². The molecule has 2 aliphatic rings. The van der Waals surface area contributed by atoms with Crippen molar-refractivity contribution in [3.05, 3.63) is 68.8 Å². The zero-order valence-electron chi connectivity index (χ0n) is 14.2. The van der Waals surface area contributed by atoms with Crippen LogP contribution in [0.4, 0.5) is 5.69 Å². The van der Waals surface area contributed by atoms with E-state index in [2.05, 4.69) is 0 Å². The van der Waals surface area contributed by atoms with Crippen molar-refractivity contribution in [3.63, 3.8) is 0 Å². The standard InChI is InChI=1S/C19H15NO7/c21-19(15-5-12-3-1-2-4-17(12)25-10-15)26-9-14-7-16(20(22)23)6-13-8-24-11-27-18(13)14/h1-7H,8-11H2. The zero-order chi connectivity index (χ0) is 18.8. The number of fused-ring (bicyclic) bond motifs is 2. The Balaban J connectivity index is 1.54. The van der Waals surface area contributed by atoms with E-state index >= 15 is 0 Å². The van der Waals surface area contributed by atoms with Crippen LogP contribution in [0.15, 0.2) is 42.0 Å². The number of nitrogens with zero attached hydrogens (tertiary/aromatic N) is 1. The lowest BCUT2D eigenvalue weighted by Gasteiger charge is -2.21. The van der Waals surface area contributed by atoms with E-state index < -0.39 is 10.9 Å². The molecule has 0 aliphatic carbocycles. The smallest absolute Gasteiger partial charge is 0.337 e. The summed E-state index contributed by atoms with van der Waals surface area (Å²) in [6, 6.07) is 10.1. The minimum Gasteiger partial charge on any atom is -0.488 e. The number of esters is 1. The van der Waals surface area contributed by atoms with Gasteiger partial charge in [-0.15, -0.1) is 0 Å². The molecular weight excluding hydrogens is 354 g/mol. The molecule has 2 aromatic carbocycles. The average molecular weight is 369 g/mol. The minimum atomic E-state index is -0.545. The summed E-state index contributed by atoms with van der Waals surface area (Å²) in [6.45, 7) is 0.199. The lowest BCUT2D eigenvalue weighted by atomic mass is 10.1. The molecule has 27 heavy (non-hydrogen) atoms. The van der Waals surface area contributed by atoms with E-state index in [0.717, 1.165) is 5.56 Å². The maximum absolute atomic E-state index is 12.4. The summed E-state index contributed by atoms with van der Waals surface area (Å²) in [4.78, 5) is 23.0. The van der Waals surface area contributed by atoms with Gasteiger partial charge in [0.1, 0.15) is 24.7 Å². The number of carbonyl (C=O) groups is 1. The van der Waals surface area contributed by atoms with Crippen molar-refractivity contribution in [3.8, 4) is 11.5 Å². The number of nitro benzene ring substituents is 1. The van der Waals surface area contributed by atoms with E-state index in [1.165, 1.54) is 12.1 Å². The Morgan fingerprint density at radius 1 is 1.19 bits per heavy atom. The van der Waals surface area contributed by atoms with Crippen LogP contribution in [0.25, 0.3) is 6.08 Å². The number of hydrogen-bond acceptors (Lipinski definition) is 7. The molecule has 0 radical (unpaired) electrons.